The van der Waals surface area contributed by atoms with Crippen LogP contribution in [0.2, 0.25) is 0 Å². The number of likely N-dealkylation sites (tertiary alicyclic amines) is 1. The van der Waals surface area contributed by atoms with E-state index in [1.54, 1.807) is 4.90 Å². The van der Waals surface area contributed by atoms with Crippen LogP contribution in [-0.2, 0) is 11.0 Å². The zero-order valence-electron chi connectivity index (χ0n) is 11.4. The van der Waals surface area contributed by atoms with Crippen molar-refractivity contribution in [3.63, 3.8) is 0 Å². The monoisotopic (exact) mass is 365 g/mol. The summed E-state index contributed by atoms with van der Waals surface area (Å²) in [5, 5.41) is 0. The van der Waals surface area contributed by atoms with Gasteiger partial charge >= 0.3 is 6.18 Å². The minimum Gasteiger partial charge on any atom is -0.483 e. The lowest BCUT2D eigenvalue weighted by molar-refractivity contribution is -0.137. The number of nitrogens with zero attached hydrogens (tertiary/aromatic N) is 1. The van der Waals surface area contributed by atoms with Crippen molar-refractivity contribution in [2.24, 2.45) is 0 Å². The Bertz CT molecular complexity index is 533. The number of amides is 1. The quantitative estimate of drug-likeness (QED) is 0.813. The van der Waals surface area contributed by atoms with Gasteiger partial charge < -0.3 is 9.64 Å². The molecule has 0 unspecified atom stereocenters. The lowest BCUT2D eigenvalue weighted by Crippen LogP contribution is -2.37. The highest BCUT2D eigenvalue weighted by Gasteiger charge is 2.31. The second-order valence-corrected chi connectivity index (χ2v) is 5.86. The molecule has 0 aliphatic carbocycles. The van der Waals surface area contributed by atoms with Crippen LogP contribution in [-0.4, -0.2) is 30.0 Å². The molecule has 3 nitrogen and oxygen atoms in total. The second kappa shape index (κ2) is 6.25. The molecule has 0 spiro atoms. The first-order chi connectivity index (χ1) is 9.79. The molecular formula is C14H15BrF3NO2. The summed E-state index contributed by atoms with van der Waals surface area (Å²) in [5.74, 6) is -0.186. The third-order valence-corrected chi connectivity index (χ3v) is 4.14. The molecule has 116 valence electrons. The first kappa shape index (κ1) is 16.1. The summed E-state index contributed by atoms with van der Waals surface area (Å²) in [4.78, 5) is 13.7. The fourth-order valence-electron chi connectivity index (χ4n) is 2.32. The smallest absolute Gasteiger partial charge is 0.416 e. The minimum absolute atomic E-state index is 0.0185. The number of carbonyl (C=O) groups excluding carboxylic acids is 1. The average molecular weight is 366 g/mol. The molecule has 0 saturated carbocycles. The molecule has 1 aromatic rings. The highest BCUT2D eigenvalue weighted by Crippen LogP contribution is 2.35. The Balaban J connectivity index is 2.04. The van der Waals surface area contributed by atoms with Crippen molar-refractivity contribution in [3.05, 3.63) is 28.2 Å². The van der Waals surface area contributed by atoms with E-state index in [-0.39, 0.29) is 24.3 Å². The normalized spacial score (nSPS) is 18.9. The molecule has 0 N–H and O–H groups in total. The maximum atomic E-state index is 12.6. The number of hydrogen-bond acceptors (Lipinski definition) is 2. The zero-order chi connectivity index (χ0) is 15.6. The molecule has 0 aromatic heterocycles. The van der Waals surface area contributed by atoms with Gasteiger partial charge in [0, 0.05) is 12.6 Å². The Morgan fingerprint density at radius 2 is 2.19 bits per heavy atom. The number of benzene rings is 1. The first-order valence-electron chi connectivity index (χ1n) is 6.58. The van der Waals surface area contributed by atoms with Gasteiger partial charge in [0.2, 0.25) is 0 Å². The van der Waals surface area contributed by atoms with Crippen molar-refractivity contribution < 1.29 is 22.7 Å². The molecule has 1 aliphatic rings. The number of halogens is 4. The van der Waals surface area contributed by atoms with E-state index in [0.29, 0.717) is 11.0 Å². The van der Waals surface area contributed by atoms with E-state index < -0.39 is 11.7 Å². The molecule has 0 radical (unpaired) electrons. The van der Waals surface area contributed by atoms with Gasteiger partial charge in [0.1, 0.15) is 5.75 Å². The van der Waals surface area contributed by atoms with Crippen LogP contribution in [0.5, 0.6) is 5.75 Å². The Morgan fingerprint density at radius 3 is 2.76 bits per heavy atom. The van der Waals surface area contributed by atoms with Gasteiger partial charge in [-0.15, -0.1) is 0 Å². The summed E-state index contributed by atoms with van der Waals surface area (Å²) in [5.41, 5.74) is -0.803. The maximum absolute atomic E-state index is 12.6. The standard InChI is InChI=1S/C14H15BrF3NO2/c1-9-3-2-6-19(9)13(20)8-21-12-7-10(14(16,17)18)4-5-11(12)15/h4-5,7,9H,2-3,6,8H2,1H3/t9-/m0/s1. The van der Waals surface area contributed by atoms with Crippen LogP contribution in [0.15, 0.2) is 22.7 Å². The van der Waals surface area contributed by atoms with Crippen LogP contribution >= 0.6 is 15.9 Å². The second-order valence-electron chi connectivity index (χ2n) is 5.01. The summed E-state index contributed by atoms with van der Waals surface area (Å²) in [7, 11) is 0. The van der Waals surface area contributed by atoms with Crippen molar-refractivity contribution in [1.82, 2.24) is 4.90 Å². The Labute approximate surface area is 129 Å². The fraction of sp³-hybridized carbons (Fsp3) is 0.500. The van der Waals surface area contributed by atoms with E-state index in [0.717, 1.165) is 25.0 Å². The molecule has 1 aliphatic heterocycles. The largest absolute Gasteiger partial charge is 0.483 e. The molecule has 1 fully saturated rings. The summed E-state index contributed by atoms with van der Waals surface area (Å²) in [6.07, 6.45) is -2.55. The lowest BCUT2D eigenvalue weighted by atomic mass is 10.2. The number of ether oxygens (including phenoxy) is 1. The number of carbonyl (C=O) groups is 1. The highest BCUT2D eigenvalue weighted by molar-refractivity contribution is 9.10. The molecule has 1 atom stereocenters. The van der Waals surface area contributed by atoms with Crippen LogP contribution < -0.4 is 4.74 Å². The van der Waals surface area contributed by atoms with Gasteiger partial charge in [-0.2, -0.15) is 13.2 Å². The third-order valence-electron chi connectivity index (χ3n) is 3.48. The number of hydrogen-bond donors (Lipinski definition) is 0. The van der Waals surface area contributed by atoms with Crippen molar-refractivity contribution in [3.8, 4) is 5.75 Å². The predicted octanol–water partition coefficient (Wildman–Crippen LogP) is 3.86. The van der Waals surface area contributed by atoms with Crippen LogP contribution in [0.3, 0.4) is 0 Å². The van der Waals surface area contributed by atoms with E-state index in [4.69, 9.17) is 4.74 Å². The van der Waals surface area contributed by atoms with Crippen LogP contribution in [0, 0.1) is 0 Å². The minimum atomic E-state index is -4.44. The van der Waals surface area contributed by atoms with Crippen molar-refractivity contribution >= 4 is 21.8 Å². The van der Waals surface area contributed by atoms with Gasteiger partial charge in [-0.1, -0.05) is 0 Å². The van der Waals surface area contributed by atoms with Gasteiger partial charge in [0.05, 0.1) is 10.0 Å². The van der Waals surface area contributed by atoms with Crippen molar-refractivity contribution in [1.29, 1.82) is 0 Å². The summed E-state index contributed by atoms with van der Waals surface area (Å²) in [6, 6.07) is 3.28. The molecule has 7 heteroatoms. The predicted molar refractivity (Wildman–Crippen MR) is 75.0 cm³/mol. The number of rotatable bonds is 3. The molecule has 1 heterocycles. The fourth-order valence-corrected chi connectivity index (χ4v) is 2.68. The number of alkyl halides is 3. The maximum Gasteiger partial charge on any atom is 0.416 e. The topological polar surface area (TPSA) is 29.5 Å². The van der Waals surface area contributed by atoms with Crippen molar-refractivity contribution in [2.75, 3.05) is 13.2 Å². The SMILES string of the molecule is C[C@H]1CCCN1C(=O)COc1cc(C(F)(F)F)ccc1Br. The van der Waals surface area contributed by atoms with E-state index in [2.05, 4.69) is 15.9 Å². The van der Waals surface area contributed by atoms with E-state index in [1.165, 1.54) is 6.07 Å². The molecule has 1 saturated heterocycles. The summed E-state index contributed by atoms with van der Waals surface area (Å²) < 4.78 is 43.6. The molecule has 0 bridgehead atoms. The molecule has 2 rings (SSSR count). The molecule has 21 heavy (non-hydrogen) atoms. The summed E-state index contributed by atoms with van der Waals surface area (Å²) in [6.45, 7) is 2.36. The molecule has 1 aromatic carbocycles. The van der Waals surface area contributed by atoms with Gasteiger partial charge in [-0.25, -0.2) is 0 Å². The summed E-state index contributed by atoms with van der Waals surface area (Å²) >= 11 is 3.13. The molecule has 1 amide bonds. The third kappa shape index (κ3) is 3.90. The van der Waals surface area contributed by atoms with E-state index in [1.807, 2.05) is 6.92 Å². The van der Waals surface area contributed by atoms with Gasteiger partial charge in [-0.05, 0) is 53.9 Å². The van der Waals surface area contributed by atoms with Crippen molar-refractivity contribution in [2.45, 2.75) is 32.0 Å². The zero-order valence-corrected chi connectivity index (χ0v) is 13.0. The lowest BCUT2D eigenvalue weighted by Gasteiger charge is -2.21. The Hall–Kier alpha value is -1.24. The van der Waals surface area contributed by atoms with Crippen LogP contribution in [0.25, 0.3) is 0 Å². The van der Waals surface area contributed by atoms with Crippen LogP contribution in [0.1, 0.15) is 25.3 Å². The average Bonchev–Trinajstić information content (AvgIpc) is 2.82. The van der Waals surface area contributed by atoms with Gasteiger partial charge in [0.25, 0.3) is 5.91 Å². The van der Waals surface area contributed by atoms with Crippen LogP contribution in [0.4, 0.5) is 13.2 Å². The van der Waals surface area contributed by atoms with E-state index >= 15 is 0 Å². The highest BCUT2D eigenvalue weighted by atomic mass is 79.9. The Morgan fingerprint density at radius 1 is 1.48 bits per heavy atom. The molecular weight excluding hydrogens is 351 g/mol. The first-order valence-corrected chi connectivity index (χ1v) is 7.37. The van der Waals surface area contributed by atoms with Gasteiger partial charge in [-0.3, -0.25) is 4.79 Å². The van der Waals surface area contributed by atoms with E-state index in [9.17, 15) is 18.0 Å². The Kier molecular flexibility index (Phi) is 4.81. The van der Waals surface area contributed by atoms with Gasteiger partial charge in [0.15, 0.2) is 6.61 Å².